The van der Waals surface area contributed by atoms with Crippen molar-refractivity contribution >= 4 is 11.9 Å². The summed E-state index contributed by atoms with van der Waals surface area (Å²) in [7, 11) is 0. The van der Waals surface area contributed by atoms with E-state index in [4.69, 9.17) is 4.74 Å². The number of hydrogen-bond donors (Lipinski definition) is 1. The Morgan fingerprint density at radius 1 is 1.04 bits per heavy atom. The average molecular weight is 347 g/mol. The normalized spacial score (nSPS) is 11.7. The van der Waals surface area contributed by atoms with Gasteiger partial charge in [0.25, 0.3) is 5.91 Å². The van der Waals surface area contributed by atoms with Crippen LogP contribution in [0.15, 0.2) is 36.4 Å². The lowest BCUT2D eigenvalue weighted by Gasteiger charge is -2.15. The van der Waals surface area contributed by atoms with Crippen LogP contribution in [-0.4, -0.2) is 18.5 Å². The van der Waals surface area contributed by atoms with Crippen LogP contribution in [-0.2, 0) is 9.53 Å². The fourth-order valence-electron chi connectivity index (χ4n) is 2.29. The number of amides is 1. The topological polar surface area (TPSA) is 55.4 Å². The summed E-state index contributed by atoms with van der Waals surface area (Å²) in [6, 6.07) is 7.93. The number of nitrogens with one attached hydrogen (secondary N) is 1. The molecule has 2 aromatic carbocycles. The van der Waals surface area contributed by atoms with Gasteiger partial charge in [0.1, 0.15) is 11.6 Å². The van der Waals surface area contributed by atoms with Crippen LogP contribution in [0.5, 0.6) is 0 Å². The third-order valence-corrected chi connectivity index (χ3v) is 3.84. The minimum absolute atomic E-state index is 0.267. The van der Waals surface area contributed by atoms with Gasteiger partial charge >= 0.3 is 5.97 Å². The first-order valence-corrected chi connectivity index (χ1v) is 7.76. The summed E-state index contributed by atoms with van der Waals surface area (Å²) in [5, 5.41) is 2.71. The average Bonchev–Trinajstić information content (AvgIpc) is 2.54. The smallest absolute Gasteiger partial charge is 0.338 e. The fourth-order valence-corrected chi connectivity index (χ4v) is 2.29. The number of carbonyl (C=O) groups is 2. The van der Waals surface area contributed by atoms with E-state index < -0.39 is 30.1 Å². The van der Waals surface area contributed by atoms with E-state index in [1.54, 1.807) is 0 Å². The Labute approximate surface area is 144 Å². The molecule has 1 N–H and O–H groups in total. The zero-order valence-corrected chi connectivity index (χ0v) is 14.2. The molecule has 0 heterocycles. The van der Waals surface area contributed by atoms with E-state index in [1.807, 2.05) is 39.0 Å². The van der Waals surface area contributed by atoms with Crippen LogP contribution in [0.2, 0.25) is 0 Å². The van der Waals surface area contributed by atoms with Crippen molar-refractivity contribution in [3.8, 4) is 0 Å². The lowest BCUT2D eigenvalue weighted by atomic mass is 10.0. The van der Waals surface area contributed by atoms with Crippen LogP contribution in [0.25, 0.3) is 0 Å². The van der Waals surface area contributed by atoms with E-state index in [2.05, 4.69) is 5.32 Å². The third kappa shape index (κ3) is 5.11. The lowest BCUT2D eigenvalue weighted by molar-refractivity contribution is -0.124. The largest absolute Gasteiger partial charge is 0.452 e. The van der Waals surface area contributed by atoms with Gasteiger partial charge in [-0.05, 0) is 49.6 Å². The molecule has 0 aliphatic heterocycles. The monoisotopic (exact) mass is 347 g/mol. The molecule has 0 fully saturated rings. The number of esters is 1. The van der Waals surface area contributed by atoms with Gasteiger partial charge in [-0.15, -0.1) is 0 Å². The highest BCUT2D eigenvalue weighted by Gasteiger charge is 2.15. The summed E-state index contributed by atoms with van der Waals surface area (Å²) < 4.78 is 31.0. The summed E-state index contributed by atoms with van der Waals surface area (Å²) in [5.74, 6) is -3.25. The molecular formula is C19H19F2NO3. The molecule has 0 radical (unpaired) electrons. The predicted octanol–water partition coefficient (Wildman–Crippen LogP) is 3.62. The van der Waals surface area contributed by atoms with Gasteiger partial charge in [-0.3, -0.25) is 4.79 Å². The number of ether oxygens (including phenoxy) is 1. The Morgan fingerprint density at radius 3 is 2.28 bits per heavy atom. The Morgan fingerprint density at radius 2 is 1.68 bits per heavy atom. The molecule has 0 bridgehead atoms. The Bertz CT molecular complexity index is 785. The van der Waals surface area contributed by atoms with Gasteiger partial charge in [-0.1, -0.05) is 18.2 Å². The van der Waals surface area contributed by atoms with Crippen molar-refractivity contribution < 1.29 is 23.1 Å². The molecule has 1 unspecified atom stereocenters. The predicted molar refractivity (Wildman–Crippen MR) is 89.1 cm³/mol. The second-order valence-electron chi connectivity index (χ2n) is 5.87. The van der Waals surface area contributed by atoms with Crippen molar-refractivity contribution in [2.75, 3.05) is 6.61 Å². The van der Waals surface area contributed by atoms with Gasteiger partial charge in [-0.25, -0.2) is 13.6 Å². The molecule has 0 saturated carbocycles. The molecule has 2 aromatic rings. The van der Waals surface area contributed by atoms with Gasteiger partial charge in [-0.2, -0.15) is 0 Å². The summed E-state index contributed by atoms with van der Waals surface area (Å²) in [6.45, 7) is 5.25. The second kappa shape index (κ2) is 7.88. The number of benzene rings is 2. The van der Waals surface area contributed by atoms with Crippen LogP contribution in [0.4, 0.5) is 8.78 Å². The maximum atomic E-state index is 13.1. The van der Waals surface area contributed by atoms with Crippen molar-refractivity contribution in [1.29, 1.82) is 0 Å². The molecule has 0 aliphatic rings. The molecule has 0 aromatic heterocycles. The summed E-state index contributed by atoms with van der Waals surface area (Å²) >= 11 is 0. The molecule has 2 rings (SSSR count). The first-order valence-electron chi connectivity index (χ1n) is 7.76. The van der Waals surface area contributed by atoms with Gasteiger partial charge in [0, 0.05) is 6.07 Å². The number of aryl methyl sites for hydroxylation is 2. The van der Waals surface area contributed by atoms with E-state index in [1.165, 1.54) is 0 Å². The molecule has 132 valence electrons. The minimum Gasteiger partial charge on any atom is -0.452 e. The number of hydrogen-bond acceptors (Lipinski definition) is 3. The maximum absolute atomic E-state index is 13.1. The highest BCUT2D eigenvalue weighted by Crippen LogP contribution is 2.16. The van der Waals surface area contributed by atoms with E-state index in [9.17, 15) is 18.4 Å². The number of carbonyl (C=O) groups excluding carboxylic acids is 2. The maximum Gasteiger partial charge on any atom is 0.338 e. The van der Waals surface area contributed by atoms with Crippen LogP contribution >= 0.6 is 0 Å². The highest BCUT2D eigenvalue weighted by atomic mass is 19.1. The van der Waals surface area contributed by atoms with Crippen LogP contribution in [0.1, 0.15) is 40.0 Å². The van der Waals surface area contributed by atoms with Gasteiger partial charge in [0.15, 0.2) is 6.61 Å². The van der Waals surface area contributed by atoms with E-state index in [0.29, 0.717) is 6.07 Å². The molecule has 4 nitrogen and oxygen atoms in total. The fraction of sp³-hybridized carbons (Fsp3) is 0.263. The molecular weight excluding hydrogens is 328 g/mol. The second-order valence-corrected chi connectivity index (χ2v) is 5.87. The van der Waals surface area contributed by atoms with E-state index in [-0.39, 0.29) is 11.6 Å². The van der Waals surface area contributed by atoms with Crippen molar-refractivity contribution in [3.63, 3.8) is 0 Å². The Hall–Kier alpha value is -2.76. The van der Waals surface area contributed by atoms with Gasteiger partial charge < -0.3 is 10.1 Å². The molecule has 25 heavy (non-hydrogen) atoms. The zero-order valence-electron chi connectivity index (χ0n) is 14.2. The number of rotatable bonds is 5. The minimum atomic E-state index is -0.965. The molecule has 1 atom stereocenters. The quantitative estimate of drug-likeness (QED) is 0.841. The Balaban J connectivity index is 1.91. The lowest BCUT2D eigenvalue weighted by Crippen LogP contribution is -2.31. The zero-order chi connectivity index (χ0) is 18.6. The molecule has 0 aliphatic carbocycles. The Kier molecular flexibility index (Phi) is 5.85. The summed E-state index contributed by atoms with van der Waals surface area (Å²) in [4.78, 5) is 23.7. The van der Waals surface area contributed by atoms with Gasteiger partial charge in [0.2, 0.25) is 0 Å². The van der Waals surface area contributed by atoms with Crippen molar-refractivity contribution in [2.24, 2.45) is 0 Å². The number of halogens is 2. The third-order valence-electron chi connectivity index (χ3n) is 3.84. The summed E-state index contributed by atoms with van der Waals surface area (Å²) in [6.07, 6.45) is 0. The van der Waals surface area contributed by atoms with E-state index in [0.717, 1.165) is 28.8 Å². The first-order chi connectivity index (χ1) is 11.8. The molecule has 0 saturated heterocycles. The van der Waals surface area contributed by atoms with Crippen molar-refractivity contribution in [3.05, 3.63) is 70.3 Å². The first kappa shape index (κ1) is 18.6. The van der Waals surface area contributed by atoms with Crippen molar-refractivity contribution in [2.45, 2.75) is 26.8 Å². The van der Waals surface area contributed by atoms with E-state index >= 15 is 0 Å². The van der Waals surface area contributed by atoms with Crippen LogP contribution in [0.3, 0.4) is 0 Å². The van der Waals surface area contributed by atoms with Crippen molar-refractivity contribution in [1.82, 2.24) is 5.32 Å². The standard InChI is InChI=1S/C19H19F2NO3/c1-11-4-5-14(6-12(11)2)13(3)22-18(23)10-25-19(24)15-7-16(20)9-17(21)8-15/h4-9,13H,10H2,1-3H3,(H,22,23). The highest BCUT2D eigenvalue weighted by molar-refractivity contribution is 5.91. The van der Waals surface area contributed by atoms with Crippen LogP contribution in [0, 0.1) is 25.5 Å². The summed E-state index contributed by atoms with van der Waals surface area (Å²) in [5.41, 5.74) is 2.90. The molecule has 0 spiro atoms. The van der Waals surface area contributed by atoms with Gasteiger partial charge in [0.05, 0.1) is 11.6 Å². The van der Waals surface area contributed by atoms with Crippen LogP contribution < -0.4 is 5.32 Å². The molecule has 1 amide bonds. The SMILES string of the molecule is Cc1ccc(C(C)NC(=O)COC(=O)c2cc(F)cc(F)c2)cc1C. The molecule has 6 heteroatoms.